The quantitative estimate of drug-likeness (QED) is 0.684. The third-order valence-corrected chi connectivity index (χ3v) is 3.02. The molecule has 7 heteroatoms. The fourth-order valence-electron chi connectivity index (χ4n) is 1.91. The fraction of sp³-hybridized carbons (Fsp3) is 0.133. The van der Waals surface area contributed by atoms with Crippen LogP contribution >= 0.6 is 0 Å². The molecule has 0 atom stereocenters. The maximum atomic E-state index is 11.1. The number of aryl methyl sites for hydroxylation is 1. The molecule has 114 valence electrons. The van der Waals surface area contributed by atoms with Gasteiger partial charge in [-0.05, 0) is 30.7 Å². The van der Waals surface area contributed by atoms with Gasteiger partial charge in [0.2, 0.25) is 0 Å². The van der Waals surface area contributed by atoms with Gasteiger partial charge in [-0.3, -0.25) is 15.0 Å². The van der Waals surface area contributed by atoms with Crippen LogP contribution in [0.3, 0.4) is 0 Å². The number of hydrogen-bond donors (Lipinski definition) is 1. The van der Waals surface area contributed by atoms with Gasteiger partial charge in [0.25, 0.3) is 5.69 Å². The average Bonchev–Trinajstić information content (AvgIpc) is 2.46. The van der Waals surface area contributed by atoms with E-state index in [2.05, 4.69) is 0 Å². The second kappa shape index (κ2) is 6.13. The lowest BCUT2D eigenvalue weighted by Gasteiger charge is -2.15. The van der Waals surface area contributed by atoms with E-state index >= 15 is 0 Å². The lowest BCUT2D eigenvalue weighted by Crippen LogP contribution is -2.24. The van der Waals surface area contributed by atoms with E-state index in [1.807, 2.05) is 25.1 Å². The van der Waals surface area contributed by atoms with E-state index in [-0.39, 0.29) is 11.4 Å². The molecule has 0 fully saturated rings. The van der Waals surface area contributed by atoms with Crippen LogP contribution in [0.4, 0.5) is 16.2 Å². The summed E-state index contributed by atoms with van der Waals surface area (Å²) in [6, 6.07) is 11.3. The minimum atomic E-state index is -1.30. The van der Waals surface area contributed by atoms with E-state index in [0.29, 0.717) is 11.5 Å². The lowest BCUT2D eigenvalue weighted by molar-refractivity contribution is -0.384. The first-order valence-electron chi connectivity index (χ1n) is 6.38. The molecule has 0 bridgehead atoms. The first-order chi connectivity index (χ1) is 10.4. The Bertz CT molecular complexity index is 730. The number of nitro benzene ring substituents is 1. The molecule has 0 radical (unpaired) electrons. The largest absolute Gasteiger partial charge is 0.465 e. The predicted octanol–water partition coefficient (Wildman–Crippen LogP) is 3.81. The van der Waals surface area contributed by atoms with E-state index in [1.54, 1.807) is 6.07 Å². The van der Waals surface area contributed by atoms with Crippen molar-refractivity contribution < 1.29 is 19.6 Å². The van der Waals surface area contributed by atoms with Gasteiger partial charge in [0, 0.05) is 19.2 Å². The first kappa shape index (κ1) is 15.3. The molecule has 0 heterocycles. The normalized spacial score (nSPS) is 10.1. The topological polar surface area (TPSA) is 92.9 Å². The molecule has 7 nitrogen and oxygen atoms in total. The van der Waals surface area contributed by atoms with E-state index in [9.17, 15) is 14.9 Å². The third kappa shape index (κ3) is 3.32. The zero-order valence-electron chi connectivity index (χ0n) is 12.0. The highest BCUT2D eigenvalue weighted by molar-refractivity contribution is 5.89. The average molecular weight is 302 g/mol. The Morgan fingerprint density at radius 2 is 1.91 bits per heavy atom. The van der Waals surface area contributed by atoms with Crippen molar-refractivity contribution in [2.45, 2.75) is 6.92 Å². The number of nitro groups is 1. The summed E-state index contributed by atoms with van der Waals surface area (Å²) >= 11 is 0. The van der Waals surface area contributed by atoms with Gasteiger partial charge in [-0.15, -0.1) is 0 Å². The fourth-order valence-corrected chi connectivity index (χ4v) is 1.91. The summed E-state index contributed by atoms with van der Waals surface area (Å²) in [5, 5.41) is 20.0. The maximum Gasteiger partial charge on any atom is 0.411 e. The highest BCUT2D eigenvalue weighted by Gasteiger charge is 2.22. The first-order valence-corrected chi connectivity index (χ1v) is 6.38. The molecule has 2 aromatic rings. The number of hydrogen-bond acceptors (Lipinski definition) is 4. The minimum absolute atomic E-state index is 0.0531. The lowest BCUT2D eigenvalue weighted by atomic mass is 10.2. The van der Waals surface area contributed by atoms with Crippen LogP contribution in [0.5, 0.6) is 11.5 Å². The van der Waals surface area contributed by atoms with E-state index in [0.717, 1.165) is 10.5 Å². The minimum Gasteiger partial charge on any atom is -0.465 e. The van der Waals surface area contributed by atoms with Crippen molar-refractivity contribution in [3.05, 3.63) is 58.1 Å². The summed E-state index contributed by atoms with van der Waals surface area (Å²) in [7, 11) is 1.24. The molecule has 0 aliphatic rings. The molecule has 0 unspecified atom stereocenters. The Kier molecular flexibility index (Phi) is 4.26. The summed E-state index contributed by atoms with van der Waals surface area (Å²) in [6.07, 6.45) is -1.30. The van der Waals surface area contributed by atoms with Crippen LogP contribution in [0.2, 0.25) is 0 Å². The number of ether oxygens (including phenoxy) is 1. The molecule has 1 amide bonds. The zero-order valence-corrected chi connectivity index (χ0v) is 12.0. The van der Waals surface area contributed by atoms with E-state index in [1.165, 1.54) is 25.2 Å². The van der Waals surface area contributed by atoms with Crippen LogP contribution in [-0.2, 0) is 0 Å². The van der Waals surface area contributed by atoms with Gasteiger partial charge in [0.05, 0.1) is 4.92 Å². The van der Waals surface area contributed by atoms with Crippen LogP contribution in [0.1, 0.15) is 5.56 Å². The highest BCUT2D eigenvalue weighted by Crippen LogP contribution is 2.33. The SMILES string of the molecule is Cc1cccc(Oc2ccc([N+](=O)[O-])c(N(C)C(=O)O)c2)c1. The number of benzene rings is 2. The molecule has 2 aromatic carbocycles. The molecule has 0 spiro atoms. The van der Waals surface area contributed by atoms with Crippen molar-refractivity contribution >= 4 is 17.5 Å². The number of nitrogens with zero attached hydrogens (tertiary/aromatic N) is 2. The van der Waals surface area contributed by atoms with Crippen LogP contribution in [0, 0.1) is 17.0 Å². The summed E-state index contributed by atoms with van der Waals surface area (Å²) in [5.41, 5.74) is 0.645. The zero-order chi connectivity index (χ0) is 16.3. The third-order valence-electron chi connectivity index (χ3n) is 3.02. The summed E-state index contributed by atoms with van der Waals surface area (Å²) in [6.45, 7) is 1.91. The van der Waals surface area contributed by atoms with Gasteiger partial charge in [0.1, 0.15) is 17.2 Å². The molecular weight excluding hydrogens is 288 g/mol. The number of rotatable bonds is 4. The van der Waals surface area contributed by atoms with Crippen molar-refractivity contribution in [2.75, 3.05) is 11.9 Å². The Morgan fingerprint density at radius 3 is 2.50 bits per heavy atom. The summed E-state index contributed by atoms with van der Waals surface area (Å²) in [5.74, 6) is 0.886. The van der Waals surface area contributed by atoms with Crippen molar-refractivity contribution in [1.82, 2.24) is 0 Å². The second-order valence-electron chi connectivity index (χ2n) is 4.67. The molecule has 0 saturated carbocycles. The Labute approximate surface area is 126 Å². The molecule has 22 heavy (non-hydrogen) atoms. The van der Waals surface area contributed by atoms with Crippen molar-refractivity contribution in [3.63, 3.8) is 0 Å². The highest BCUT2D eigenvalue weighted by atomic mass is 16.6. The summed E-state index contributed by atoms with van der Waals surface area (Å²) in [4.78, 5) is 22.2. The number of amides is 1. The Balaban J connectivity index is 2.40. The smallest absolute Gasteiger partial charge is 0.411 e. The van der Waals surface area contributed by atoms with Gasteiger partial charge in [-0.2, -0.15) is 0 Å². The number of carbonyl (C=O) groups is 1. The van der Waals surface area contributed by atoms with Gasteiger partial charge < -0.3 is 9.84 Å². The van der Waals surface area contributed by atoms with Gasteiger partial charge >= 0.3 is 6.09 Å². The molecule has 0 aliphatic heterocycles. The van der Waals surface area contributed by atoms with Crippen molar-refractivity contribution in [3.8, 4) is 11.5 Å². The molecule has 2 rings (SSSR count). The van der Waals surface area contributed by atoms with Crippen molar-refractivity contribution in [2.24, 2.45) is 0 Å². The maximum absolute atomic E-state index is 11.1. The second-order valence-corrected chi connectivity index (χ2v) is 4.67. The van der Waals surface area contributed by atoms with Crippen LogP contribution in [0.15, 0.2) is 42.5 Å². The van der Waals surface area contributed by atoms with E-state index < -0.39 is 11.0 Å². The Hall–Kier alpha value is -3.09. The van der Waals surface area contributed by atoms with Gasteiger partial charge in [0.15, 0.2) is 0 Å². The molecular formula is C15H14N2O5. The molecule has 0 aromatic heterocycles. The monoisotopic (exact) mass is 302 g/mol. The summed E-state index contributed by atoms with van der Waals surface area (Å²) < 4.78 is 5.62. The number of carboxylic acid groups (broad SMARTS) is 1. The van der Waals surface area contributed by atoms with Crippen molar-refractivity contribution in [1.29, 1.82) is 0 Å². The van der Waals surface area contributed by atoms with E-state index in [4.69, 9.17) is 9.84 Å². The molecule has 0 saturated heterocycles. The standard InChI is InChI=1S/C15H14N2O5/c1-10-4-3-5-11(8-10)22-12-6-7-13(17(20)21)14(9-12)16(2)15(18)19/h3-9H,1-2H3,(H,18,19). The predicted molar refractivity (Wildman–Crippen MR) is 80.8 cm³/mol. The van der Waals surface area contributed by atoms with Crippen LogP contribution < -0.4 is 9.64 Å². The van der Waals surface area contributed by atoms with Gasteiger partial charge in [-0.1, -0.05) is 12.1 Å². The number of anilines is 1. The molecule has 0 aliphatic carbocycles. The van der Waals surface area contributed by atoms with Crippen LogP contribution in [0.25, 0.3) is 0 Å². The van der Waals surface area contributed by atoms with Gasteiger partial charge in [-0.25, -0.2) is 4.79 Å². The Morgan fingerprint density at radius 1 is 1.23 bits per heavy atom. The van der Waals surface area contributed by atoms with Crippen LogP contribution in [-0.4, -0.2) is 23.2 Å². The molecule has 1 N–H and O–H groups in total.